The summed E-state index contributed by atoms with van der Waals surface area (Å²) in [5.74, 6) is -0.953. The molecule has 7 nitrogen and oxygen atoms in total. The molecule has 4 aliphatic rings. The normalized spacial score (nSPS) is 24.3. The number of nitrogens with zero attached hydrogens (tertiary/aromatic N) is 1. The molecule has 0 saturated carbocycles. The highest BCUT2D eigenvalue weighted by molar-refractivity contribution is 6.30. The van der Waals surface area contributed by atoms with Crippen LogP contribution in [0, 0.1) is 5.92 Å². The van der Waals surface area contributed by atoms with E-state index in [-0.39, 0.29) is 24.3 Å². The summed E-state index contributed by atoms with van der Waals surface area (Å²) in [7, 11) is 0. The van der Waals surface area contributed by atoms with Gasteiger partial charge in [0.2, 0.25) is 12.7 Å². The fourth-order valence-corrected chi connectivity index (χ4v) is 7.31. The van der Waals surface area contributed by atoms with Gasteiger partial charge in [-0.15, -0.1) is 0 Å². The molecular weight excluding hydrogens is 552 g/mol. The minimum absolute atomic E-state index is 0.0713. The van der Waals surface area contributed by atoms with E-state index in [0.717, 1.165) is 11.1 Å². The standard InChI is InChI=1S/C34H23ClN2O5/c35-22-12-9-20(10-13-22)30(38)28-29(31(39)21-11-14-26-27(17-21)42-18-41-26)37-16-15-19-5-1-2-6-23(19)32(37)34(28)24-7-3-4-8-25(24)36-33(34)40/h1-17,28-29,32H,18H2,(H,36,40)/t28-,29+,32+,34+/m0/s1. The maximum atomic E-state index is 14.8. The van der Waals surface area contributed by atoms with Gasteiger partial charge in [0.1, 0.15) is 11.5 Å². The largest absolute Gasteiger partial charge is 0.454 e. The molecule has 0 aromatic heterocycles. The van der Waals surface area contributed by atoms with Gasteiger partial charge in [0.15, 0.2) is 23.1 Å². The average Bonchev–Trinajstić information content (AvgIpc) is 3.70. The first-order valence-corrected chi connectivity index (χ1v) is 14.1. The van der Waals surface area contributed by atoms with Gasteiger partial charge in [-0.05, 0) is 71.3 Å². The van der Waals surface area contributed by atoms with Gasteiger partial charge in [0.25, 0.3) is 0 Å². The lowest BCUT2D eigenvalue weighted by Gasteiger charge is -2.38. The fraction of sp³-hybridized carbons (Fsp3) is 0.147. The smallest absolute Gasteiger partial charge is 0.238 e. The number of hydrogen-bond acceptors (Lipinski definition) is 6. The first-order valence-electron chi connectivity index (χ1n) is 13.7. The first-order chi connectivity index (χ1) is 20.5. The maximum absolute atomic E-state index is 14.8. The van der Waals surface area contributed by atoms with Gasteiger partial charge in [0.05, 0.1) is 12.0 Å². The molecule has 8 heteroatoms. The van der Waals surface area contributed by atoms with Crippen LogP contribution in [0.5, 0.6) is 11.5 Å². The summed E-state index contributed by atoms with van der Waals surface area (Å²) in [5.41, 5.74) is 2.49. The molecule has 1 spiro atoms. The number of nitrogens with one attached hydrogen (secondary N) is 1. The Hall–Kier alpha value is -4.88. The quantitative estimate of drug-likeness (QED) is 0.299. The highest BCUT2D eigenvalue weighted by Gasteiger charge is 2.70. The second-order valence-corrected chi connectivity index (χ2v) is 11.3. The van der Waals surface area contributed by atoms with Crippen LogP contribution in [0.3, 0.4) is 0 Å². The Morgan fingerprint density at radius 2 is 1.60 bits per heavy atom. The highest BCUT2D eigenvalue weighted by atomic mass is 35.5. The molecule has 1 saturated heterocycles. The van der Waals surface area contributed by atoms with E-state index in [1.54, 1.807) is 42.5 Å². The van der Waals surface area contributed by atoms with Crippen LogP contribution < -0.4 is 14.8 Å². The summed E-state index contributed by atoms with van der Waals surface area (Å²) in [6, 6.07) is 25.3. The topological polar surface area (TPSA) is 84.9 Å². The van der Waals surface area contributed by atoms with Gasteiger partial charge in [-0.25, -0.2) is 0 Å². The molecule has 4 aliphatic heterocycles. The lowest BCUT2D eigenvalue weighted by molar-refractivity contribution is -0.122. The number of hydrogen-bond donors (Lipinski definition) is 1. The summed E-state index contributed by atoms with van der Waals surface area (Å²) >= 11 is 6.18. The molecule has 0 radical (unpaired) electrons. The zero-order valence-electron chi connectivity index (χ0n) is 22.1. The van der Waals surface area contributed by atoms with Crippen molar-refractivity contribution >= 4 is 40.8 Å². The molecule has 0 unspecified atom stereocenters. The number of carbonyl (C=O) groups excluding carboxylic acids is 3. The molecule has 8 rings (SSSR count). The van der Waals surface area contributed by atoms with Crippen LogP contribution in [0.15, 0.2) is 97.2 Å². The van der Waals surface area contributed by atoms with Gasteiger partial charge < -0.3 is 19.7 Å². The molecule has 42 heavy (non-hydrogen) atoms. The van der Waals surface area contributed by atoms with Crippen LogP contribution in [-0.2, 0) is 10.2 Å². The summed E-state index contributed by atoms with van der Waals surface area (Å²) in [6.45, 7) is 0.0713. The van der Waals surface area contributed by atoms with E-state index in [9.17, 15) is 14.4 Å². The Labute approximate surface area is 246 Å². The molecular formula is C34H23ClN2O5. The number of Topliss-reactive ketones (excluding diaryl/α,β-unsaturated/α-hetero) is 2. The van der Waals surface area contributed by atoms with Crippen LogP contribution in [0.4, 0.5) is 5.69 Å². The molecule has 4 aromatic carbocycles. The second kappa shape index (κ2) is 9.06. The number of amides is 1. The van der Waals surface area contributed by atoms with Crippen LogP contribution in [0.2, 0.25) is 5.02 Å². The average molecular weight is 575 g/mol. The van der Waals surface area contributed by atoms with E-state index in [2.05, 4.69) is 5.32 Å². The zero-order valence-corrected chi connectivity index (χ0v) is 22.9. The van der Waals surface area contributed by atoms with Gasteiger partial charge in [-0.2, -0.15) is 0 Å². The van der Waals surface area contributed by atoms with Gasteiger partial charge in [-0.3, -0.25) is 14.4 Å². The van der Waals surface area contributed by atoms with Crippen molar-refractivity contribution in [3.63, 3.8) is 0 Å². The summed E-state index contributed by atoms with van der Waals surface area (Å²) in [5, 5.41) is 3.55. The van der Waals surface area contributed by atoms with E-state index in [4.69, 9.17) is 21.1 Å². The van der Waals surface area contributed by atoms with Crippen LogP contribution in [0.25, 0.3) is 6.08 Å². The molecule has 0 aliphatic carbocycles. The van der Waals surface area contributed by atoms with Gasteiger partial charge in [0, 0.05) is 28.0 Å². The number of ketones is 2. The third-order valence-corrected chi connectivity index (χ3v) is 9.16. The number of rotatable bonds is 4. The summed E-state index contributed by atoms with van der Waals surface area (Å²) < 4.78 is 11.0. The molecule has 206 valence electrons. The van der Waals surface area contributed by atoms with Crippen molar-refractivity contribution in [1.29, 1.82) is 0 Å². The van der Waals surface area contributed by atoms with E-state index in [1.165, 1.54) is 0 Å². The van der Waals surface area contributed by atoms with Crippen LogP contribution in [-0.4, -0.2) is 35.2 Å². The lowest BCUT2D eigenvalue weighted by atomic mass is 9.62. The summed E-state index contributed by atoms with van der Waals surface area (Å²) in [4.78, 5) is 45.9. The Morgan fingerprint density at radius 1 is 0.857 bits per heavy atom. The number of halogens is 1. The van der Waals surface area contributed by atoms with Gasteiger partial charge in [-0.1, -0.05) is 54.1 Å². The third-order valence-electron chi connectivity index (χ3n) is 8.91. The van der Waals surface area contributed by atoms with Crippen molar-refractivity contribution < 1.29 is 23.9 Å². The minimum Gasteiger partial charge on any atom is -0.454 e. The van der Waals surface area contributed by atoms with Crippen molar-refractivity contribution in [3.05, 3.63) is 130 Å². The van der Waals surface area contributed by atoms with Crippen LogP contribution >= 0.6 is 11.6 Å². The Morgan fingerprint density at radius 3 is 2.45 bits per heavy atom. The Bertz CT molecular complexity index is 1850. The molecule has 0 bridgehead atoms. The second-order valence-electron chi connectivity index (χ2n) is 10.9. The van der Waals surface area contributed by atoms with Crippen molar-refractivity contribution in [2.24, 2.45) is 5.92 Å². The SMILES string of the molecule is O=C(c1ccc(Cl)cc1)[C@@H]1[C@H](C(=O)c2ccc3c(c2)OCO3)N2C=Cc3ccccc3[C@@H]2[C@]12C(=O)Nc1ccccc12. The molecule has 1 N–H and O–H groups in total. The number of carbonyl (C=O) groups is 3. The molecule has 1 fully saturated rings. The molecule has 4 aromatic rings. The number of benzene rings is 4. The van der Waals surface area contributed by atoms with E-state index in [0.29, 0.717) is 38.9 Å². The lowest BCUT2D eigenvalue weighted by Crippen LogP contribution is -2.49. The number of anilines is 1. The Kier molecular flexibility index (Phi) is 5.37. The van der Waals surface area contributed by atoms with Crippen molar-refractivity contribution in [1.82, 2.24) is 4.90 Å². The van der Waals surface area contributed by atoms with Crippen molar-refractivity contribution in [2.75, 3.05) is 12.1 Å². The van der Waals surface area contributed by atoms with E-state index >= 15 is 0 Å². The first kappa shape index (κ1) is 24.9. The predicted molar refractivity (Wildman–Crippen MR) is 157 cm³/mol. The van der Waals surface area contributed by atoms with Crippen LogP contribution in [0.1, 0.15) is 43.4 Å². The minimum atomic E-state index is -1.40. The monoisotopic (exact) mass is 574 g/mol. The van der Waals surface area contributed by atoms with Crippen molar-refractivity contribution in [2.45, 2.75) is 17.5 Å². The van der Waals surface area contributed by atoms with Crippen molar-refractivity contribution in [3.8, 4) is 11.5 Å². The van der Waals surface area contributed by atoms with E-state index in [1.807, 2.05) is 65.7 Å². The zero-order chi connectivity index (χ0) is 28.6. The Balaban J connectivity index is 1.40. The number of para-hydroxylation sites is 1. The molecule has 4 atom stereocenters. The number of ether oxygens (including phenoxy) is 2. The maximum Gasteiger partial charge on any atom is 0.238 e. The highest BCUT2D eigenvalue weighted by Crippen LogP contribution is 2.62. The molecule has 4 heterocycles. The fourth-order valence-electron chi connectivity index (χ4n) is 7.18. The molecule has 1 amide bonds. The van der Waals surface area contributed by atoms with Gasteiger partial charge >= 0.3 is 0 Å². The summed E-state index contributed by atoms with van der Waals surface area (Å²) in [6.07, 6.45) is 3.79. The predicted octanol–water partition coefficient (Wildman–Crippen LogP) is 6.05. The third kappa shape index (κ3) is 3.31. The number of fused-ring (bicyclic) bond motifs is 7. The van der Waals surface area contributed by atoms with E-state index < -0.39 is 23.4 Å².